The first-order chi connectivity index (χ1) is 9.10. The van der Waals surface area contributed by atoms with Crippen molar-refractivity contribution >= 4 is 33.0 Å². The highest BCUT2D eigenvalue weighted by Gasteiger charge is 2.20. The van der Waals surface area contributed by atoms with E-state index in [2.05, 4.69) is 15.9 Å². The molecular weight excluding hydrogens is 328 g/mol. The van der Waals surface area contributed by atoms with Crippen molar-refractivity contribution in [1.29, 1.82) is 0 Å². The molecule has 0 unspecified atom stereocenters. The number of methoxy groups -OCH3 is 2. The lowest BCUT2D eigenvalue weighted by molar-refractivity contribution is 0.103. The Morgan fingerprint density at radius 1 is 1.16 bits per heavy atom. The van der Waals surface area contributed by atoms with Crippen LogP contribution in [0.25, 0.3) is 0 Å². The Morgan fingerprint density at radius 3 is 2.42 bits per heavy atom. The summed E-state index contributed by atoms with van der Waals surface area (Å²) >= 11 is 4.92. The van der Waals surface area contributed by atoms with E-state index in [1.54, 1.807) is 19.2 Å². The Hall–Kier alpha value is -1.33. The van der Waals surface area contributed by atoms with Crippen LogP contribution >= 0.6 is 27.3 Å². The number of thiophene rings is 1. The van der Waals surface area contributed by atoms with Crippen LogP contribution in [0.1, 0.15) is 21.5 Å². The van der Waals surface area contributed by atoms with Gasteiger partial charge < -0.3 is 9.47 Å². The summed E-state index contributed by atoms with van der Waals surface area (Å²) in [5.74, 6) is 1.09. The number of ether oxygens (including phenoxy) is 2. The molecule has 0 amide bonds. The SMILES string of the molecule is COc1ccc(C(=O)c2cscc2C)c(OC)c1Br. The van der Waals surface area contributed by atoms with Crippen molar-refractivity contribution in [3.63, 3.8) is 0 Å². The molecule has 100 valence electrons. The van der Waals surface area contributed by atoms with Crippen LogP contribution in [0, 0.1) is 6.92 Å². The Morgan fingerprint density at radius 2 is 1.89 bits per heavy atom. The number of aryl methyl sites for hydroxylation is 1. The summed E-state index contributed by atoms with van der Waals surface area (Å²) < 4.78 is 11.2. The van der Waals surface area contributed by atoms with Crippen molar-refractivity contribution in [3.8, 4) is 11.5 Å². The number of benzene rings is 1. The monoisotopic (exact) mass is 340 g/mol. The van der Waals surface area contributed by atoms with Crippen LogP contribution in [0.2, 0.25) is 0 Å². The van der Waals surface area contributed by atoms with E-state index in [1.165, 1.54) is 18.4 Å². The van der Waals surface area contributed by atoms with E-state index in [4.69, 9.17) is 9.47 Å². The number of rotatable bonds is 4. The zero-order valence-corrected chi connectivity index (χ0v) is 13.2. The van der Waals surface area contributed by atoms with Crippen molar-refractivity contribution in [2.24, 2.45) is 0 Å². The minimum atomic E-state index is -0.0426. The molecule has 0 saturated carbocycles. The van der Waals surface area contributed by atoms with Gasteiger partial charge in [0.25, 0.3) is 0 Å². The zero-order chi connectivity index (χ0) is 14.0. The lowest BCUT2D eigenvalue weighted by Crippen LogP contribution is -2.05. The van der Waals surface area contributed by atoms with Crippen molar-refractivity contribution in [2.45, 2.75) is 6.92 Å². The first-order valence-electron chi connectivity index (χ1n) is 5.58. The third kappa shape index (κ3) is 2.53. The highest BCUT2D eigenvalue weighted by molar-refractivity contribution is 9.10. The molecule has 1 aromatic heterocycles. The first-order valence-corrected chi connectivity index (χ1v) is 7.31. The van der Waals surface area contributed by atoms with E-state index in [9.17, 15) is 4.79 Å². The van der Waals surface area contributed by atoms with E-state index >= 15 is 0 Å². The summed E-state index contributed by atoms with van der Waals surface area (Å²) in [7, 11) is 3.11. The van der Waals surface area contributed by atoms with E-state index < -0.39 is 0 Å². The molecule has 0 bridgehead atoms. The summed E-state index contributed by atoms with van der Waals surface area (Å²) in [6.07, 6.45) is 0. The van der Waals surface area contributed by atoms with Crippen LogP contribution < -0.4 is 9.47 Å². The summed E-state index contributed by atoms with van der Waals surface area (Å²) in [6, 6.07) is 3.48. The van der Waals surface area contributed by atoms with Crippen LogP contribution in [-0.4, -0.2) is 20.0 Å². The highest BCUT2D eigenvalue weighted by atomic mass is 79.9. The molecule has 0 atom stereocenters. The van der Waals surface area contributed by atoms with E-state index in [0.717, 1.165) is 5.56 Å². The number of halogens is 1. The predicted octanol–water partition coefficient (Wildman–Crippen LogP) is 4.07. The summed E-state index contributed by atoms with van der Waals surface area (Å²) in [5.41, 5.74) is 2.21. The second kappa shape index (κ2) is 5.75. The second-order valence-corrected chi connectivity index (χ2v) is 5.50. The maximum atomic E-state index is 12.5. The van der Waals surface area contributed by atoms with Gasteiger partial charge >= 0.3 is 0 Å². The fourth-order valence-corrected chi connectivity index (χ4v) is 3.31. The molecule has 2 rings (SSSR count). The van der Waals surface area contributed by atoms with Gasteiger partial charge in [-0.3, -0.25) is 4.79 Å². The van der Waals surface area contributed by atoms with Crippen molar-refractivity contribution < 1.29 is 14.3 Å². The molecule has 0 aliphatic carbocycles. The molecule has 3 nitrogen and oxygen atoms in total. The number of hydrogen-bond donors (Lipinski definition) is 0. The highest BCUT2D eigenvalue weighted by Crippen LogP contribution is 2.38. The maximum Gasteiger partial charge on any atom is 0.197 e. The van der Waals surface area contributed by atoms with E-state index in [-0.39, 0.29) is 5.78 Å². The first kappa shape index (κ1) is 14.1. The van der Waals surface area contributed by atoms with Crippen molar-refractivity contribution in [2.75, 3.05) is 14.2 Å². The average molecular weight is 341 g/mol. The van der Waals surface area contributed by atoms with Crippen molar-refractivity contribution in [3.05, 3.63) is 44.1 Å². The molecule has 0 radical (unpaired) electrons. The summed E-state index contributed by atoms with van der Waals surface area (Å²) in [5, 5.41) is 3.81. The van der Waals surface area contributed by atoms with Gasteiger partial charge in [-0.2, -0.15) is 11.3 Å². The molecule has 2 aromatic rings. The molecule has 1 heterocycles. The van der Waals surface area contributed by atoms with Crippen LogP contribution in [0.5, 0.6) is 11.5 Å². The number of carbonyl (C=O) groups excluding carboxylic acids is 1. The number of hydrogen-bond acceptors (Lipinski definition) is 4. The molecule has 0 saturated heterocycles. The minimum absolute atomic E-state index is 0.0426. The normalized spacial score (nSPS) is 10.3. The van der Waals surface area contributed by atoms with Gasteiger partial charge in [0.05, 0.1) is 19.8 Å². The van der Waals surface area contributed by atoms with Gasteiger partial charge in [0.15, 0.2) is 5.78 Å². The quantitative estimate of drug-likeness (QED) is 0.787. The molecule has 0 N–H and O–H groups in total. The standard InChI is InChI=1S/C14H13BrO3S/c1-8-6-19-7-10(8)13(16)9-4-5-11(17-2)12(15)14(9)18-3/h4-7H,1-3H3. The maximum absolute atomic E-state index is 12.5. The molecule has 0 aliphatic rings. The number of carbonyl (C=O) groups is 1. The smallest absolute Gasteiger partial charge is 0.197 e. The van der Waals surface area contributed by atoms with E-state index in [0.29, 0.717) is 27.1 Å². The van der Waals surface area contributed by atoms with Gasteiger partial charge in [0, 0.05) is 10.9 Å². The second-order valence-electron chi connectivity index (χ2n) is 3.96. The van der Waals surface area contributed by atoms with Crippen molar-refractivity contribution in [1.82, 2.24) is 0 Å². The fourth-order valence-electron chi connectivity index (χ4n) is 1.81. The van der Waals surface area contributed by atoms with Crippen LogP contribution in [0.3, 0.4) is 0 Å². The van der Waals surface area contributed by atoms with Crippen LogP contribution in [-0.2, 0) is 0 Å². The van der Waals surface area contributed by atoms with Gasteiger partial charge in [-0.25, -0.2) is 0 Å². The van der Waals surface area contributed by atoms with Gasteiger partial charge in [0.1, 0.15) is 16.0 Å². The Kier molecular flexibility index (Phi) is 4.27. The van der Waals surface area contributed by atoms with Crippen LogP contribution in [0.4, 0.5) is 0 Å². The summed E-state index contributed by atoms with van der Waals surface area (Å²) in [6.45, 7) is 1.93. The molecule has 5 heteroatoms. The fraction of sp³-hybridized carbons (Fsp3) is 0.214. The topological polar surface area (TPSA) is 35.5 Å². The van der Waals surface area contributed by atoms with Gasteiger partial charge in [-0.1, -0.05) is 0 Å². The average Bonchev–Trinajstić information content (AvgIpc) is 2.83. The lowest BCUT2D eigenvalue weighted by Gasteiger charge is -2.12. The van der Waals surface area contributed by atoms with Crippen LogP contribution in [0.15, 0.2) is 27.4 Å². The van der Waals surface area contributed by atoms with Gasteiger partial charge in [-0.15, -0.1) is 0 Å². The predicted molar refractivity (Wildman–Crippen MR) is 79.7 cm³/mol. The van der Waals surface area contributed by atoms with Gasteiger partial charge in [0.2, 0.25) is 0 Å². The summed E-state index contributed by atoms with van der Waals surface area (Å²) in [4.78, 5) is 12.5. The molecule has 1 aromatic carbocycles. The third-order valence-electron chi connectivity index (χ3n) is 2.83. The Bertz CT molecular complexity index is 619. The molecule has 0 spiro atoms. The minimum Gasteiger partial charge on any atom is -0.495 e. The molecular formula is C14H13BrO3S. The van der Waals surface area contributed by atoms with Gasteiger partial charge in [-0.05, 0) is 45.9 Å². The Balaban J connectivity index is 2.54. The largest absolute Gasteiger partial charge is 0.495 e. The number of ketones is 1. The Labute approximate surface area is 124 Å². The zero-order valence-electron chi connectivity index (χ0n) is 10.8. The molecule has 19 heavy (non-hydrogen) atoms. The molecule has 0 fully saturated rings. The van der Waals surface area contributed by atoms with E-state index in [1.807, 2.05) is 17.7 Å². The third-order valence-corrected chi connectivity index (χ3v) is 4.44. The molecule has 0 aliphatic heterocycles. The lowest BCUT2D eigenvalue weighted by atomic mass is 10.0.